The molecule has 1 aliphatic carbocycles. The summed E-state index contributed by atoms with van der Waals surface area (Å²) in [6, 6.07) is 21.7. The number of nitrogens with one attached hydrogen (secondary N) is 2. The van der Waals surface area contributed by atoms with Gasteiger partial charge in [-0.05, 0) is 42.9 Å². The van der Waals surface area contributed by atoms with Gasteiger partial charge in [0.15, 0.2) is 0 Å². The number of hydrogen-bond acceptors (Lipinski definition) is 2. The maximum Gasteiger partial charge on any atom is 0.0379 e. The van der Waals surface area contributed by atoms with Gasteiger partial charge in [0.05, 0.1) is 0 Å². The molecule has 0 saturated heterocycles. The van der Waals surface area contributed by atoms with Crippen LogP contribution >= 0.6 is 0 Å². The molecule has 2 unspecified atom stereocenters. The fourth-order valence-electron chi connectivity index (χ4n) is 3.28. The second-order valence-corrected chi connectivity index (χ2v) is 6.51. The van der Waals surface area contributed by atoms with E-state index in [1.165, 1.54) is 30.4 Å². The molecule has 2 heteroatoms. The largest absolute Gasteiger partial charge is 0.362 e. The van der Waals surface area contributed by atoms with Crippen LogP contribution in [-0.4, -0.2) is 6.04 Å². The minimum absolute atomic E-state index is 0.615. The molecule has 0 aliphatic heterocycles. The Morgan fingerprint density at radius 2 is 1.70 bits per heavy atom. The summed E-state index contributed by atoms with van der Waals surface area (Å²) in [5, 5.41) is 7.16. The second-order valence-electron chi connectivity index (χ2n) is 6.51. The molecule has 1 saturated carbocycles. The van der Waals surface area contributed by atoms with Gasteiger partial charge in [0.2, 0.25) is 0 Å². The van der Waals surface area contributed by atoms with Crippen molar-refractivity contribution in [2.45, 2.75) is 38.8 Å². The molecular formula is C21H26N2. The first-order valence-corrected chi connectivity index (χ1v) is 8.58. The first kappa shape index (κ1) is 15.8. The van der Waals surface area contributed by atoms with Gasteiger partial charge in [0.25, 0.3) is 0 Å². The van der Waals surface area contributed by atoms with Crippen LogP contribution in [0.2, 0.25) is 0 Å². The van der Waals surface area contributed by atoms with E-state index in [9.17, 15) is 0 Å². The zero-order valence-electron chi connectivity index (χ0n) is 13.8. The van der Waals surface area contributed by atoms with E-state index < -0.39 is 0 Å². The average molecular weight is 306 g/mol. The van der Waals surface area contributed by atoms with Gasteiger partial charge in [-0.25, -0.2) is 0 Å². The first-order chi connectivity index (χ1) is 11.3. The minimum Gasteiger partial charge on any atom is -0.362 e. The number of allylic oxidation sites excluding steroid dienone is 1. The van der Waals surface area contributed by atoms with Crippen molar-refractivity contribution in [2.24, 2.45) is 5.92 Å². The SMILES string of the molecule is CC1CC(=CNc2ccccc2)CCC1NCc1ccccc1. The summed E-state index contributed by atoms with van der Waals surface area (Å²) >= 11 is 0. The number of anilines is 1. The number of rotatable bonds is 5. The molecule has 2 atom stereocenters. The Morgan fingerprint density at radius 3 is 2.39 bits per heavy atom. The standard InChI is InChI=1S/C21H26N2/c1-17-14-19(16-22-20-10-6-3-7-11-20)12-13-21(17)23-15-18-8-4-2-5-9-18/h2-11,16-17,21-23H,12-15H2,1H3. The van der Waals surface area contributed by atoms with Gasteiger partial charge in [-0.2, -0.15) is 0 Å². The highest BCUT2D eigenvalue weighted by Crippen LogP contribution is 2.28. The third-order valence-corrected chi connectivity index (χ3v) is 4.68. The van der Waals surface area contributed by atoms with E-state index in [2.05, 4.69) is 78.4 Å². The summed E-state index contributed by atoms with van der Waals surface area (Å²) in [5.41, 5.74) is 4.06. The van der Waals surface area contributed by atoms with Crippen molar-refractivity contribution in [3.05, 3.63) is 78.0 Å². The summed E-state index contributed by atoms with van der Waals surface area (Å²) in [4.78, 5) is 0. The Balaban J connectivity index is 1.49. The Bertz CT molecular complexity index is 619. The highest BCUT2D eigenvalue weighted by molar-refractivity contribution is 5.45. The van der Waals surface area contributed by atoms with Gasteiger partial charge in [0, 0.05) is 24.5 Å². The number of para-hydroxylation sites is 1. The topological polar surface area (TPSA) is 24.1 Å². The fourth-order valence-corrected chi connectivity index (χ4v) is 3.28. The van der Waals surface area contributed by atoms with Crippen molar-refractivity contribution in [3.8, 4) is 0 Å². The van der Waals surface area contributed by atoms with Crippen LogP contribution in [0.5, 0.6) is 0 Å². The molecule has 0 bridgehead atoms. The van der Waals surface area contributed by atoms with Crippen LogP contribution in [-0.2, 0) is 6.54 Å². The van der Waals surface area contributed by atoms with Gasteiger partial charge < -0.3 is 10.6 Å². The quantitative estimate of drug-likeness (QED) is 0.815. The summed E-state index contributed by atoms with van der Waals surface area (Å²) in [6.45, 7) is 3.33. The molecule has 1 aliphatic rings. The van der Waals surface area contributed by atoms with E-state index in [1.807, 2.05) is 6.07 Å². The molecule has 23 heavy (non-hydrogen) atoms. The molecule has 0 radical (unpaired) electrons. The van der Waals surface area contributed by atoms with Crippen molar-refractivity contribution in [3.63, 3.8) is 0 Å². The third kappa shape index (κ3) is 4.70. The van der Waals surface area contributed by atoms with Crippen molar-refractivity contribution >= 4 is 5.69 Å². The normalized spacial score (nSPS) is 22.9. The van der Waals surface area contributed by atoms with E-state index in [-0.39, 0.29) is 0 Å². The Morgan fingerprint density at radius 1 is 1.00 bits per heavy atom. The van der Waals surface area contributed by atoms with Crippen molar-refractivity contribution in [2.75, 3.05) is 5.32 Å². The zero-order valence-corrected chi connectivity index (χ0v) is 13.8. The maximum absolute atomic E-state index is 3.73. The molecule has 3 rings (SSSR count). The predicted molar refractivity (Wildman–Crippen MR) is 98.2 cm³/mol. The molecule has 0 heterocycles. The monoisotopic (exact) mass is 306 g/mol. The van der Waals surface area contributed by atoms with E-state index in [0.717, 1.165) is 12.2 Å². The molecule has 120 valence electrons. The Hall–Kier alpha value is -2.06. The Kier molecular flexibility index (Phi) is 5.49. The molecule has 2 nitrogen and oxygen atoms in total. The van der Waals surface area contributed by atoms with Crippen LogP contribution in [0.4, 0.5) is 5.69 Å². The van der Waals surface area contributed by atoms with E-state index >= 15 is 0 Å². The second kappa shape index (κ2) is 7.98. The highest BCUT2D eigenvalue weighted by atomic mass is 14.9. The van der Waals surface area contributed by atoms with Crippen LogP contribution in [0, 0.1) is 5.92 Å². The summed E-state index contributed by atoms with van der Waals surface area (Å²) in [5.74, 6) is 0.677. The average Bonchev–Trinajstić information content (AvgIpc) is 2.61. The third-order valence-electron chi connectivity index (χ3n) is 4.68. The van der Waals surface area contributed by atoms with Crippen molar-refractivity contribution in [1.29, 1.82) is 0 Å². The van der Waals surface area contributed by atoms with Crippen molar-refractivity contribution in [1.82, 2.24) is 5.32 Å². The number of benzene rings is 2. The predicted octanol–water partition coefficient (Wildman–Crippen LogP) is 4.96. The smallest absolute Gasteiger partial charge is 0.0379 e. The van der Waals surface area contributed by atoms with Crippen LogP contribution in [0.25, 0.3) is 0 Å². The highest BCUT2D eigenvalue weighted by Gasteiger charge is 2.23. The van der Waals surface area contributed by atoms with Gasteiger partial charge in [-0.1, -0.05) is 61.0 Å². The van der Waals surface area contributed by atoms with Crippen LogP contribution < -0.4 is 10.6 Å². The van der Waals surface area contributed by atoms with E-state index in [4.69, 9.17) is 0 Å². The van der Waals surface area contributed by atoms with Gasteiger partial charge >= 0.3 is 0 Å². The lowest BCUT2D eigenvalue weighted by molar-refractivity contribution is 0.319. The van der Waals surface area contributed by atoms with Gasteiger partial charge in [-0.3, -0.25) is 0 Å². The molecule has 1 fully saturated rings. The molecule has 2 aromatic carbocycles. The fraction of sp³-hybridized carbons (Fsp3) is 0.333. The maximum atomic E-state index is 3.73. The summed E-state index contributed by atoms with van der Waals surface area (Å²) in [7, 11) is 0. The lowest BCUT2D eigenvalue weighted by Gasteiger charge is -2.31. The van der Waals surface area contributed by atoms with E-state index in [1.54, 1.807) is 0 Å². The zero-order chi connectivity index (χ0) is 15.9. The lowest BCUT2D eigenvalue weighted by Crippen LogP contribution is -2.37. The molecule has 0 amide bonds. The van der Waals surface area contributed by atoms with E-state index in [0.29, 0.717) is 12.0 Å². The van der Waals surface area contributed by atoms with Crippen LogP contribution in [0.3, 0.4) is 0 Å². The summed E-state index contributed by atoms with van der Waals surface area (Å²) in [6.07, 6.45) is 5.78. The van der Waals surface area contributed by atoms with Crippen molar-refractivity contribution < 1.29 is 0 Å². The Labute approximate surface area is 139 Å². The lowest BCUT2D eigenvalue weighted by atomic mass is 9.83. The van der Waals surface area contributed by atoms with Crippen LogP contribution in [0.15, 0.2) is 72.4 Å². The van der Waals surface area contributed by atoms with Gasteiger partial charge in [0.1, 0.15) is 0 Å². The molecule has 0 aromatic heterocycles. The molecule has 2 N–H and O–H groups in total. The minimum atomic E-state index is 0.615. The summed E-state index contributed by atoms with van der Waals surface area (Å²) < 4.78 is 0. The molecule has 0 spiro atoms. The first-order valence-electron chi connectivity index (χ1n) is 8.58. The molecule has 2 aromatic rings. The molecular weight excluding hydrogens is 280 g/mol. The number of hydrogen-bond donors (Lipinski definition) is 2. The van der Waals surface area contributed by atoms with Crippen LogP contribution in [0.1, 0.15) is 31.7 Å². The van der Waals surface area contributed by atoms with Gasteiger partial charge in [-0.15, -0.1) is 0 Å².